The van der Waals surface area contributed by atoms with Gasteiger partial charge in [0.25, 0.3) is 5.91 Å². The first-order valence-electron chi connectivity index (χ1n) is 7.36. The number of hydrogen-bond donors (Lipinski definition) is 1. The van der Waals surface area contributed by atoms with Crippen molar-refractivity contribution in [2.45, 2.75) is 13.5 Å². The van der Waals surface area contributed by atoms with E-state index in [-0.39, 0.29) is 24.4 Å². The third kappa shape index (κ3) is 4.01. The highest BCUT2D eigenvalue weighted by atomic mass is 16.5. The molecular weight excluding hydrogens is 312 g/mol. The molecule has 0 saturated heterocycles. The van der Waals surface area contributed by atoms with Crippen molar-refractivity contribution < 1.29 is 23.9 Å². The van der Waals surface area contributed by atoms with E-state index in [4.69, 9.17) is 9.47 Å². The van der Waals surface area contributed by atoms with E-state index < -0.39 is 17.8 Å². The van der Waals surface area contributed by atoms with Crippen LogP contribution in [0.3, 0.4) is 0 Å². The molecule has 0 radical (unpaired) electrons. The Balaban J connectivity index is 2.19. The van der Waals surface area contributed by atoms with Gasteiger partial charge in [-0.25, -0.2) is 4.79 Å². The fraction of sp³-hybridized carbons (Fsp3) is 0.235. The van der Waals surface area contributed by atoms with Gasteiger partial charge in [0.1, 0.15) is 12.2 Å². The number of nitrogens with zero attached hydrogens (tertiary/aromatic N) is 1. The standard InChI is InChI=1S/C17H18N2O5/c1-3-24-15(20)11-19-10-6-9-14(19)16(21)18-13-8-5-4-7-12(13)17(22)23-2/h4-10H,3,11H2,1-2H3,(H,18,21). The molecule has 0 saturated carbocycles. The molecule has 7 nitrogen and oxygen atoms in total. The lowest BCUT2D eigenvalue weighted by molar-refractivity contribution is -0.143. The van der Waals surface area contributed by atoms with Crippen LogP contribution in [0.25, 0.3) is 0 Å². The van der Waals surface area contributed by atoms with Gasteiger partial charge in [0.2, 0.25) is 0 Å². The van der Waals surface area contributed by atoms with Crippen LogP contribution in [0.5, 0.6) is 0 Å². The largest absolute Gasteiger partial charge is 0.465 e. The molecule has 1 N–H and O–H groups in total. The summed E-state index contributed by atoms with van der Waals surface area (Å²) in [5.74, 6) is -1.42. The van der Waals surface area contributed by atoms with Crippen LogP contribution >= 0.6 is 0 Å². The fourth-order valence-corrected chi connectivity index (χ4v) is 2.17. The normalized spacial score (nSPS) is 10.1. The van der Waals surface area contributed by atoms with E-state index in [0.29, 0.717) is 5.69 Å². The van der Waals surface area contributed by atoms with Crippen molar-refractivity contribution in [3.05, 3.63) is 53.9 Å². The number of anilines is 1. The van der Waals surface area contributed by atoms with E-state index >= 15 is 0 Å². The van der Waals surface area contributed by atoms with Crippen molar-refractivity contribution in [1.29, 1.82) is 0 Å². The van der Waals surface area contributed by atoms with Crippen LogP contribution in [0.15, 0.2) is 42.6 Å². The Labute approximate surface area is 139 Å². The second-order valence-corrected chi connectivity index (χ2v) is 4.82. The molecule has 1 aromatic carbocycles. The van der Waals surface area contributed by atoms with Gasteiger partial charge in [0.15, 0.2) is 0 Å². The lowest BCUT2D eigenvalue weighted by atomic mass is 10.1. The number of aromatic nitrogens is 1. The highest BCUT2D eigenvalue weighted by Gasteiger charge is 2.17. The average molecular weight is 330 g/mol. The highest BCUT2D eigenvalue weighted by Crippen LogP contribution is 2.17. The summed E-state index contributed by atoms with van der Waals surface area (Å²) < 4.78 is 11.1. The monoisotopic (exact) mass is 330 g/mol. The maximum atomic E-state index is 12.5. The molecule has 126 valence electrons. The minimum atomic E-state index is -0.548. The number of methoxy groups -OCH3 is 1. The van der Waals surface area contributed by atoms with Crippen molar-refractivity contribution in [2.24, 2.45) is 0 Å². The number of ether oxygens (including phenoxy) is 2. The molecule has 0 bridgehead atoms. The first-order chi connectivity index (χ1) is 11.6. The van der Waals surface area contributed by atoms with E-state index in [1.807, 2.05) is 0 Å². The van der Waals surface area contributed by atoms with Crippen LogP contribution in [-0.4, -0.2) is 36.1 Å². The summed E-state index contributed by atoms with van der Waals surface area (Å²) in [4.78, 5) is 35.8. The zero-order valence-corrected chi connectivity index (χ0v) is 13.4. The molecule has 2 aromatic rings. The summed E-state index contributed by atoms with van der Waals surface area (Å²) in [7, 11) is 1.27. The second-order valence-electron chi connectivity index (χ2n) is 4.82. The van der Waals surface area contributed by atoms with Gasteiger partial charge in [0, 0.05) is 6.20 Å². The first kappa shape index (κ1) is 17.3. The van der Waals surface area contributed by atoms with Crippen LogP contribution in [0.4, 0.5) is 5.69 Å². The summed E-state index contributed by atoms with van der Waals surface area (Å²) in [6.45, 7) is 1.92. The van der Waals surface area contributed by atoms with E-state index in [2.05, 4.69) is 5.32 Å². The average Bonchev–Trinajstić information content (AvgIpc) is 3.03. The summed E-state index contributed by atoms with van der Waals surface area (Å²) in [5.41, 5.74) is 0.859. The molecule has 0 fully saturated rings. The third-order valence-corrected chi connectivity index (χ3v) is 3.25. The lowest BCUT2D eigenvalue weighted by Gasteiger charge is -2.11. The van der Waals surface area contributed by atoms with Crippen LogP contribution < -0.4 is 5.32 Å². The Morgan fingerprint density at radius 2 is 1.88 bits per heavy atom. The van der Waals surface area contributed by atoms with Crippen molar-refractivity contribution in [1.82, 2.24) is 4.57 Å². The quantitative estimate of drug-likeness (QED) is 0.820. The zero-order valence-electron chi connectivity index (χ0n) is 13.4. The Hall–Kier alpha value is -3.09. The van der Waals surface area contributed by atoms with Gasteiger partial charge in [-0.1, -0.05) is 12.1 Å². The topological polar surface area (TPSA) is 86.6 Å². The molecule has 1 heterocycles. The van der Waals surface area contributed by atoms with E-state index in [1.165, 1.54) is 11.7 Å². The Kier molecular flexibility index (Phi) is 5.73. The van der Waals surface area contributed by atoms with Crippen LogP contribution in [-0.2, 0) is 20.8 Å². The van der Waals surface area contributed by atoms with Gasteiger partial charge < -0.3 is 19.4 Å². The van der Waals surface area contributed by atoms with Crippen molar-refractivity contribution >= 4 is 23.5 Å². The summed E-state index contributed by atoms with van der Waals surface area (Å²) in [5, 5.41) is 2.66. The van der Waals surface area contributed by atoms with Crippen molar-refractivity contribution in [3.8, 4) is 0 Å². The molecule has 1 aromatic heterocycles. The Morgan fingerprint density at radius 1 is 1.12 bits per heavy atom. The van der Waals surface area contributed by atoms with Gasteiger partial charge >= 0.3 is 11.9 Å². The summed E-state index contributed by atoms with van der Waals surface area (Å²) in [6, 6.07) is 9.75. The zero-order chi connectivity index (χ0) is 17.5. The predicted molar refractivity (Wildman–Crippen MR) is 86.8 cm³/mol. The number of carbonyl (C=O) groups excluding carboxylic acids is 3. The maximum Gasteiger partial charge on any atom is 0.339 e. The molecule has 0 aliphatic carbocycles. The molecule has 0 unspecified atom stereocenters. The fourth-order valence-electron chi connectivity index (χ4n) is 2.17. The molecule has 0 aliphatic rings. The minimum Gasteiger partial charge on any atom is -0.465 e. The number of nitrogens with one attached hydrogen (secondary N) is 1. The van der Waals surface area contributed by atoms with E-state index in [0.717, 1.165) is 0 Å². The number of amides is 1. The van der Waals surface area contributed by atoms with Gasteiger partial charge in [-0.3, -0.25) is 9.59 Å². The van der Waals surface area contributed by atoms with Crippen LogP contribution in [0.2, 0.25) is 0 Å². The maximum absolute atomic E-state index is 12.5. The first-order valence-corrected chi connectivity index (χ1v) is 7.36. The number of rotatable bonds is 6. The molecule has 2 rings (SSSR count). The Bertz CT molecular complexity index is 751. The second kappa shape index (κ2) is 7.96. The molecule has 0 aliphatic heterocycles. The molecular formula is C17H18N2O5. The summed E-state index contributed by atoms with van der Waals surface area (Å²) in [6.07, 6.45) is 1.61. The molecule has 0 atom stereocenters. The highest BCUT2D eigenvalue weighted by molar-refractivity contribution is 6.07. The number of benzene rings is 1. The smallest absolute Gasteiger partial charge is 0.339 e. The number of carbonyl (C=O) groups is 3. The van der Waals surface area contributed by atoms with E-state index in [1.54, 1.807) is 49.5 Å². The SMILES string of the molecule is CCOC(=O)Cn1cccc1C(=O)Nc1ccccc1C(=O)OC. The van der Waals surface area contributed by atoms with Crippen LogP contribution in [0, 0.1) is 0 Å². The number of esters is 2. The molecule has 7 heteroatoms. The number of hydrogen-bond acceptors (Lipinski definition) is 5. The summed E-state index contributed by atoms with van der Waals surface area (Å²) >= 11 is 0. The molecule has 1 amide bonds. The molecule has 0 spiro atoms. The van der Waals surface area contributed by atoms with Crippen molar-refractivity contribution in [3.63, 3.8) is 0 Å². The van der Waals surface area contributed by atoms with Gasteiger partial charge in [0.05, 0.1) is 25.0 Å². The van der Waals surface area contributed by atoms with Crippen molar-refractivity contribution in [2.75, 3.05) is 19.0 Å². The van der Waals surface area contributed by atoms with Crippen LogP contribution in [0.1, 0.15) is 27.8 Å². The van der Waals surface area contributed by atoms with Gasteiger partial charge in [-0.2, -0.15) is 0 Å². The van der Waals surface area contributed by atoms with E-state index in [9.17, 15) is 14.4 Å². The predicted octanol–water partition coefficient (Wildman–Crippen LogP) is 2.09. The number of para-hydroxylation sites is 1. The lowest BCUT2D eigenvalue weighted by Crippen LogP contribution is -2.21. The third-order valence-electron chi connectivity index (χ3n) is 3.25. The Morgan fingerprint density at radius 3 is 2.58 bits per heavy atom. The van der Waals surface area contributed by atoms with Gasteiger partial charge in [-0.15, -0.1) is 0 Å². The minimum absolute atomic E-state index is 0.0672. The van der Waals surface area contributed by atoms with Gasteiger partial charge in [-0.05, 0) is 31.2 Å². The molecule has 24 heavy (non-hydrogen) atoms.